The van der Waals surface area contributed by atoms with Crippen molar-refractivity contribution in [3.05, 3.63) is 34.4 Å². The van der Waals surface area contributed by atoms with Gasteiger partial charge in [-0.2, -0.15) is 4.31 Å². The molecule has 0 amide bonds. The number of hydrogen-bond acceptors (Lipinski definition) is 3. The number of hydrogen-bond donors (Lipinski definition) is 0. The van der Waals surface area contributed by atoms with Crippen LogP contribution in [0.25, 0.3) is 0 Å². The minimum Gasteiger partial charge on any atom is -0.296 e. The highest BCUT2D eigenvalue weighted by molar-refractivity contribution is 7.88. The molecule has 1 saturated heterocycles. The van der Waals surface area contributed by atoms with Gasteiger partial charge in [-0.1, -0.05) is 17.7 Å². The van der Waals surface area contributed by atoms with Crippen molar-refractivity contribution in [3.63, 3.8) is 0 Å². The minimum absolute atomic E-state index is 0.600. The lowest BCUT2D eigenvalue weighted by molar-refractivity contribution is 0.181. The number of aryl methyl sites for hydroxylation is 3. The van der Waals surface area contributed by atoms with E-state index in [0.29, 0.717) is 13.1 Å². The molecule has 0 unspecified atom stereocenters. The van der Waals surface area contributed by atoms with Gasteiger partial charge in [-0.05, 0) is 37.5 Å². The summed E-state index contributed by atoms with van der Waals surface area (Å²) in [5, 5.41) is 0. The molecule has 1 heterocycles. The first-order chi connectivity index (χ1) is 9.27. The molecule has 20 heavy (non-hydrogen) atoms. The third-order valence-electron chi connectivity index (χ3n) is 4.02. The highest BCUT2D eigenvalue weighted by Gasteiger charge is 2.23. The van der Waals surface area contributed by atoms with E-state index in [9.17, 15) is 8.42 Å². The molecule has 4 nitrogen and oxygen atoms in total. The average molecular weight is 296 g/mol. The van der Waals surface area contributed by atoms with Crippen LogP contribution in [0.3, 0.4) is 0 Å². The minimum atomic E-state index is -3.04. The second-order valence-corrected chi connectivity index (χ2v) is 7.80. The summed E-state index contributed by atoms with van der Waals surface area (Å²) in [6.45, 7) is 10.2. The maximum absolute atomic E-state index is 11.5. The van der Waals surface area contributed by atoms with Gasteiger partial charge in [0.2, 0.25) is 10.0 Å². The summed E-state index contributed by atoms with van der Waals surface area (Å²) in [5.41, 5.74) is 5.33. The van der Waals surface area contributed by atoms with Crippen LogP contribution in [0.5, 0.6) is 0 Å². The smallest absolute Gasteiger partial charge is 0.211 e. The van der Waals surface area contributed by atoms with Crippen molar-refractivity contribution in [1.29, 1.82) is 0 Å². The number of rotatable bonds is 3. The number of sulfonamides is 1. The topological polar surface area (TPSA) is 40.6 Å². The predicted molar refractivity (Wildman–Crippen MR) is 82.3 cm³/mol. The van der Waals surface area contributed by atoms with Crippen LogP contribution in [0.4, 0.5) is 0 Å². The Morgan fingerprint density at radius 1 is 1.00 bits per heavy atom. The zero-order valence-corrected chi connectivity index (χ0v) is 13.6. The van der Waals surface area contributed by atoms with Crippen molar-refractivity contribution in [2.45, 2.75) is 27.3 Å². The lowest BCUT2D eigenvalue weighted by Crippen LogP contribution is -2.47. The molecule has 1 aliphatic heterocycles. The van der Waals surface area contributed by atoms with Crippen LogP contribution in [0.15, 0.2) is 12.1 Å². The van der Waals surface area contributed by atoms with E-state index in [0.717, 1.165) is 19.6 Å². The van der Waals surface area contributed by atoms with Gasteiger partial charge in [0.05, 0.1) is 6.26 Å². The van der Waals surface area contributed by atoms with E-state index in [4.69, 9.17) is 0 Å². The second kappa shape index (κ2) is 5.84. The first-order valence-corrected chi connectivity index (χ1v) is 8.86. The largest absolute Gasteiger partial charge is 0.296 e. The summed E-state index contributed by atoms with van der Waals surface area (Å²) in [4.78, 5) is 2.34. The molecule has 1 aliphatic rings. The molecule has 0 aromatic heterocycles. The summed E-state index contributed by atoms with van der Waals surface area (Å²) < 4.78 is 24.6. The maximum Gasteiger partial charge on any atom is 0.211 e. The van der Waals surface area contributed by atoms with E-state index in [2.05, 4.69) is 37.8 Å². The molecule has 0 saturated carbocycles. The van der Waals surface area contributed by atoms with Crippen molar-refractivity contribution in [2.24, 2.45) is 0 Å². The summed E-state index contributed by atoms with van der Waals surface area (Å²) in [6.07, 6.45) is 1.29. The molecule has 0 atom stereocenters. The first-order valence-electron chi connectivity index (χ1n) is 7.01. The van der Waals surface area contributed by atoms with Gasteiger partial charge < -0.3 is 0 Å². The molecule has 1 fully saturated rings. The van der Waals surface area contributed by atoms with E-state index in [-0.39, 0.29) is 0 Å². The van der Waals surface area contributed by atoms with Gasteiger partial charge in [0, 0.05) is 32.7 Å². The van der Waals surface area contributed by atoms with Gasteiger partial charge in [-0.25, -0.2) is 8.42 Å². The Morgan fingerprint density at radius 3 is 1.95 bits per heavy atom. The standard InChI is InChI=1S/C15H24N2O2S/c1-12-9-13(2)15(14(3)10-12)11-16-5-7-17(8-6-16)20(4,18)19/h9-10H,5-8,11H2,1-4H3. The third kappa shape index (κ3) is 3.59. The first kappa shape index (κ1) is 15.5. The molecule has 1 aromatic rings. The van der Waals surface area contributed by atoms with E-state index in [1.807, 2.05) is 0 Å². The Balaban J connectivity index is 2.03. The van der Waals surface area contributed by atoms with Crippen molar-refractivity contribution in [2.75, 3.05) is 32.4 Å². The monoisotopic (exact) mass is 296 g/mol. The molecule has 112 valence electrons. The molecule has 0 N–H and O–H groups in total. The number of nitrogens with zero attached hydrogens (tertiary/aromatic N) is 2. The zero-order valence-electron chi connectivity index (χ0n) is 12.8. The van der Waals surface area contributed by atoms with Crippen LogP contribution in [0, 0.1) is 20.8 Å². The van der Waals surface area contributed by atoms with Crippen molar-refractivity contribution in [1.82, 2.24) is 9.21 Å². The van der Waals surface area contributed by atoms with E-state index < -0.39 is 10.0 Å². The summed E-state index contributed by atoms with van der Waals surface area (Å²) >= 11 is 0. The summed E-state index contributed by atoms with van der Waals surface area (Å²) in [6, 6.07) is 4.43. The van der Waals surface area contributed by atoms with Gasteiger partial charge in [0.1, 0.15) is 0 Å². The molecule has 0 aliphatic carbocycles. The van der Waals surface area contributed by atoms with Crippen LogP contribution in [0.1, 0.15) is 22.3 Å². The molecular formula is C15H24N2O2S. The maximum atomic E-state index is 11.5. The molecule has 0 bridgehead atoms. The fraction of sp³-hybridized carbons (Fsp3) is 0.600. The van der Waals surface area contributed by atoms with E-state index >= 15 is 0 Å². The van der Waals surface area contributed by atoms with Gasteiger partial charge in [-0.15, -0.1) is 0 Å². The molecular weight excluding hydrogens is 272 g/mol. The Hall–Kier alpha value is -0.910. The van der Waals surface area contributed by atoms with Gasteiger partial charge in [0.25, 0.3) is 0 Å². The highest BCUT2D eigenvalue weighted by Crippen LogP contribution is 2.19. The number of piperazine rings is 1. The lowest BCUT2D eigenvalue weighted by atomic mass is 9.99. The van der Waals surface area contributed by atoms with Gasteiger partial charge in [0.15, 0.2) is 0 Å². The third-order valence-corrected chi connectivity index (χ3v) is 5.33. The summed E-state index contributed by atoms with van der Waals surface area (Å²) in [7, 11) is -3.04. The average Bonchev–Trinajstić information content (AvgIpc) is 2.33. The van der Waals surface area contributed by atoms with Crippen LogP contribution >= 0.6 is 0 Å². The Morgan fingerprint density at radius 2 is 1.50 bits per heavy atom. The fourth-order valence-corrected chi connectivity index (χ4v) is 3.73. The highest BCUT2D eigenvalue weighted by atomic mass is 32.2. The second-order valence-electron chi connectivity index (χ2n) is 5.82. The van der Waals surface area contributed by atoms with Crippen molar-refractivity contribution < 1.29 is 8.42 Å². The molecule has 2 rings (SSSR count). The van der Waals surface area contributed by atoms with Gasteiger partial charge >= 0.3 is 0 Å². The number of benzene rings is 1. The van der Waals surface area contributed by atoms with E-state index in [1.54, 1.807) is 4.31 Å². The lowest BCUT2D eigenvalue weighted by Gasteiger charge is -2.33. The van der Waals surface area contributed by atoms with Crippen LogP contribution in [-0.2, 0) is 16.6 Å². The van der Waals surface area contributed by atoms with Crippen LogP contribution in [-0.4, -0.2) is 50.1 Å². The van der Waals surface area contributed by atoms with Crippen molar-refractivity contribution in [3.8, 4) is 0 Å². The Kier molecular flexibility index (Phi) is 4.52. The van der Waals surface area contributed by atoms with Crippen LogP contribution in [0.2, 0.25) is 0 Å². The quantitative estimate of drug-likeness (QED) is 0.852. The van der Waals surface area contributed by atoms with E-state index in [1.165, 1.54) is 28.5 Å². The molecule has 0 spiro atoms. The molecule has 5 heteroatoms. The Labute approximate surface area is 122 Å². The normalized spacial score (nSPS) is 18.4. The van der Waals surface area contributed by atoms with Gasteiger partial charge in [-0.3, -0.25) is 4.90 Å². The van der Waals surface area contributed by atoms with Crippen LogP contribution < -0.4 is 0 Å². The predicted octanol–water partition coefficient (Wildman–Crippen LogP) is 1.69. The SMILES string of the molecule is Cc1cc(C)c(CN2CCN(S(C)(=O)=O)CC2)c(C)c1. The molecule has 0 radical (unpaired) electrons. The fourth-order valence-electron chi connectivity index (χ4n) is 2.90. The summed E-state index contributed by atoms with van der Waals surface area (Å²) in [5.74, 6) is 0. The molecule has 1 aromatic carbocycles. The Bertz CT molecular complexity index is 565. The zero-order chi connectivity index (χ0) is 14.9. The van der Waals surface area contributed by atoms with Crippen molar-refractivity contribution >= 4 is 10.0 Å².